The number of aliphatic hydroxyl groups is 3. The van der Waals surface area contributed by atoms with Crippen molar-refractivity contribution in [3.05, 3.63) is 0 Å². The Morgan fingerprint density at radius 1 is 1.10 bits per heavy atom. The highest BCUT2D eigenvalue weighted by Gasteiger charge is 2.39. The fraction of sp³-hybridized carbons (Fsp3) is 0.933. The van der Waals surface area contributed by atoms with E-state index in [0.717, 1.165) is 45.3 Å². The van der Waals surface area contributed by atoms with E-state index >= 15 is 0 Å². The Hall–Kier alpha value is -0.690. The van der Waals surface area contributed by atoms with Crippen LogP contribution in [0.1, 0.15) is 39.5 Å². The lowest BCUT2D eigenvalue weighted by atomic mass is 10.0. The number of carbonyl (C=O) groups is 1. The SMILES string of the molecule is CCCCN(CCCC)CCN1C[C@H](O)[C@@H](O)[C@H](O)C1=O. The standard InChI is InChI=1S/C15H30N2O4/c1-3-5-7-16(8-6-4-2)9-10-17-11-12(18)13(19)14(20)15(17)21/h12-14,18-20H,3-11H2,1-2H3/t12-,13+,14-/m0/s1. The van der Waals surface area contributed by atoms with Gasteiger partial charge < -0.3 is 25.1 Å². The monoisotopic (exact) mass is 302 g/mol. The van der Waals surface area contributed by atoms with E-state index in [0.29, 0.717) is 6.54 Å². The van der Waals surface area contributed by atoms with Crippen LogP contribution in [0, 0.1) is 0 Å². The molecule has 6 heteroatoms. The molecule has 0 aromatic heterocycles. The molecule has 0 aromatic carbocycles. The Morgan fingerprint density at radius 3 is 2.19 bits per heavy atom. The van der Waals surface area contributed by atoms with Crippen molar-refractivity contribution in [2.24, 2.45) is 0 Å². The number of hydrogen-bond donors (Lipinski definition) is 3. The minimum atomic E-state index is -1.51. The molecule has 6 nitrogen and oxygen atoms in total. The Morgan fingerprint density at radius 2 is 1.67 bits per heavy atom. The first-order valence-electron chi connectivity index (χ1n) is 8.06. The largest absolute Gasteiger partial charge is 0.388 e. The quantitative estimate of drug-likeness (QED) is 0.550. The second kappa shape index (κ2) is 9.35. The molecule has 1 heterocycles. The van der Waals surface area contributed by atoms with Gasteiger partial charge in [-0.25, -0.2) is 0 Å². The van der Waals surface area contributed by atoms with Gasteiger partial charge in [0.05, 0.1) is 0 Å². The van der Waals surface area contributed by atoms with Gasteiger partial charge >= 0.3 is 0 Å². The predicted molar refractivity (Wildman–Crippen MR) is 80.9 cm³/mol. The van der Waals surface area contributed by atoms with Gasteiger partial charge in [-0.05, 0) is 25.9 Å². The highest BCUT2D eigenvalue weighted by atomic mass is 16.4. The van der Waals surface area contributed by atoms with Gasteiger partial charge in [0.1, 0.15) is 12.2 Å². The molecular weight excluding hydrogens is 272 g/mol. The summed E-state index contributed by atoms with van der Waals surface area (Å²) < 4.78 is 0. The lowest BCUT2D eigenvalue weighted by Crippen LogP contribution is -2.59. The van der Waals surface area contributed by atoms with Crippen LogP contribution in [0.4, 0.5) is 0 Å². The van der Waals surface area contributed by atoms with Gasteiger partial charge in [0, 0.05) is 19.6 Å². The van der Waals surface area contributed by atoms with E-state index in [1.807, 2.05) is 0 Å². The molecule has 3 N–H and O–H groups in total. The van der Waals surface area contributed by atoms with Gasteiger partial charge in [-0.3, -0.25) is 4.79 Å². The average Bonchev–Trinajstić information content (AvgIpc) is 2.49. The number of piperidine rings is 1. The minimum absolute atomic E-state index is 0.0897. The number of amides is 1. The van der Waals surface area contributed by atoms with E-state index < -0.39 is 24.2 Å². The Labute approximate surface area is 127 Å². The summed E-state index contributed by atoms with van der Waals surface area (Å²) in [6, 6.07) is 0. The summed E-state index contributed by atoms with van der Waals surface area (Å²) in [5.74, 6) is -0.487. The average molecular weight is 302 g/mol. The van der Waals surface area contributed by atoms with Crippen LogP contribution >= 0.6 is 0 Å². The number of rotatable bonds is 9. The number of β-amino-alcohol motifs (C(OH)–C–C–N with tert-alkyl or cyclic N) is 1. The Bertz CT molecular complexity index is 306. The first kappa shape index (κ1) is 18.4. The topological polar surface area (TPSA) is 84.2 Å². The summed E-state index contributed by atoms with van der Waals surface area (Å²) in [5.41, 5.74) is 0. The van der Waals surface area contributed by atoms with Crippen molar-refractivity contribution in [3.8, 4) is 0 Å². The third-order valence-electron chi connectivity index (χ3n) is 4.03. The number of likely N-dealkylation sites (tertiary alicyclic amines) is 1. The summed E-state index contributed by atoms with van der Waals surface area (Å²) in [6.45, 7) is 7.62. The Balaban J connectivity index is 2.47. The Kier molecular flexibility index (Phi) is 8.18. The molecule has 1 saturated heterocycles. The second-order valence-electron chi connectivity index (χ2n) is 5.84. The fourth-order valence-electron chi connectivity index (χ4n) is 2.53. The molecule has 0 unspecified atom stereocenters. The van der Waals surface area contributed by atoms with Crippen molar-refractivity contribution < 1.29 is 20.1 Å². The second-order valence-corrected chi connectivity index (χ2v) is 5.84. The van der Waals surface area contributed by atoms with E-state index in [9.17, 15) is 20.1 Å². The van der Waals surface area contributed by atoms with Crippen LogP contribution in [-0.2, 0) is 4.79 Å². The lowest BCUT2D eigenvalue weighted by Gasteiger charge is -2.37. The number of aliphatic hydroxyl groups excluding tert-OH is 3. The van der Waals surface area contributed by atoms with Crippen LogP contribution in [0.5, 0.6) is 0 Å². The molecule has 1 aliphatic heterocycles. The van der Waals surface area contributed by atoms with Gasteiger partial charge in [0.15, 0.2) is 6.10 Å². The molecule has 3 atom stereocenters. The van der Waals surface area contributed by atoms with Crippen molar-refractivity contribution in [3.63, 3.8) is 0 Å². The van der Waals surface area contributed by atoms with E-state index in [1.165, 1.54) is 4.90 Å². The zero-order valence-corrected chi connectivity index (χ0v) is 13.2. The molecule has 0 aromatic rings. The lowest BCUT2D eigenvalue weighted by molar-refractivity contribution is -0.165. The van der Waals surface area contributed by atoms with Gasteiger partial charge in [0.2, 0.25) is 0 Å². The highest BCUT2D eigenvalue weighted by Crippen LogP contribution is 2.13. The minimum Gasteiger partial charge on any atom is -0.388 e. The number of hydrogen-bond acceptors (Lipinski definition) is 5. The van der Waals surface area contributed by atoms with Crippen molar-refractivity contribution in [1.82, 2.24) is 9.80 Å². The van der Waals surface area contributed by atoms with E-state index in [-0.39, 0.29) is 6.54 Å². The molecule has 1 amide bonds. The number of carbonyl (C=O) groups excluding carboxylic acids is 1. The molecule has 124 valence electrons. The zero-order valence-electron chi connectivity index (χ0n) is 13.2. The number of nitrogens with zero attached hydrogens (tertiary/aromatic N) is 2. The summed E-state index contributed by atoms with van der Waals surface area (Å²) in [4.78, 5) is 15.7. The smallest absolute Gasteiger partial charge is 0.254 e. The third-order valence-corrected chi connectivity index (χ3v) is 4.03. The van der Waals surface area contributed by atoms with Gasteiger partial charge in [0.25, 0.3) is 5.91 Å². The third kappa shape index (κ3) is 5.54. The van der Waals surface area contributed by atoms with Crippen LogP contribution in [0.25, 0.3) is 0 Å². The predicted octanol–water partition coefficient (Wildman–Crippen LogP) is -0.186. The molecule has 0 saturated carbocycles. The maximum atomic E-state index is 11.9. The maximum absolute atomic E-state index is 11.9. The van der Waals surface area contributed by atoms with Crippen LogP contribution in [-0.4, -0.2) is 82.1 Å². The molecule has 0 radical (unpaired) electrons. The first-order valence-corrected chi connectivity index (χ1v) is 8.06. The summed E-state index contributed by atoms with van der Waals surface area (Å²) >= 11 is 0. The van der Waals surface area contributed by atoms with Crippen molar-refractivity contribution in [2.45, 2.75) is 57.8 Å². The van der Waals surface area contributed by atoms with Gasteiger partial charge in [-0.15, -0.1) is 0 Å². The van der Waals surface area contributed by atoms with Crippen LogP contribution in [0.15, 0.2) is 0 Å². The van der Waals surface area contributed by atoms with E-state index in [4.69, 9.17) is 0 Å². The van der Waals surface area contributed by atoms with E-state index in [1.54, 1.807) is 0 Å². The molecule has 1 rings (SSSR count). The molecular formula is C15H30N2O4. The summed E-state index contributed by atoms with van der Waals surface area (Å²) in [5, 5.41) is 28.8. The first-order chi connectivity index (χ1) is 10.0. The molecule has 0 aliphatic carbocycles. The molecule has 0 spiro atoms. The molecule has 0 bridgehead atoms. The normalized spacial score (nSPS) is 26.7. The molecule has 1 aliphatic rings. The van der Waals surface area contributed by atoms with Crippen LogP contribution in [0.3, 0.4) is 0 Å². The zero-order chi connectivity index (χ0) is 15.8. The fourth-order valence-corrected chi connectivity index (χ4v) is 2.53. The molecule has 1 fully saturated rings. The van der Waals surface area contributed by atoms with Gasteiger partial charge in [-0.1, -0.05) is 26.7 Å². The number of unbranched alkanes of at least 4 members (excludes halogenated alkanes) is 2. The van der Waals surface area contributed by atoms with Crippen molar-refractivity contribution >= 4 is 5.91 Å². The van der Waals surface area contributed by atoms with Crippen LogP contribution < -0.4 is 0 Å². The van der Waals surface area contributed by atoms with Crippen LogP contribution in [0.2, 0.25) is 0 Å². The van der Waals surface area contributed by atoms with Gasteiger partial charge in [-0.2, -0.15) is 0 Å². The highest BCUT2D eigenvalue weighted by molar-refractivity contribution is 5.82. The van der Waals surface area contributed by atoms with Crippen molar-refractivity contribution in [2.75, 3.05) is 32.7 Å². The summed E-state index contributed by atoms with van der Waals surface area (Å²) in [6.07, 6.45) is 0.573. The van der Waals surface area contributed by atoms with E-state index in [2.05, 4.69) is 18.7 Å². The van der Waals surface area contributed by atoms with Crippen molar-refractivity contribution in [1.29, 1.82) is 0 Å². The summed E-state index contributed by atoms with van der Waals surface area (Å²) in [7, 11) is 0. The maximum Gasteiger partial charge on any atom is 0.254 e. The molecule has 21 heavy (non-hydrogen) atoms.